The molecule has 0 fully saturated rings. The number of carbonyl (C=O) groups is 1. The summed E-state index contributed by atoms with van der Waals surface area (Å²) in [5.74, 6) is 0.159. The van der Waals surface area contributed by atoms with Crippen LogP contribution >= 0.6 is 0 Å². The van der Waals surface area contributed by atoms with Gasteiger partial charge >= 0.3 is 0 Å². The third-order valence-corrected chi connectivity index (χ3v) is 4.44. The first-order valence-corrected chi connectivity index (χ1v) is 11.2. The Morgan fingerprint density at radius 2 is 1.25 bits per heavy atom. The topological polar surface area (TPSA) is 40.5 Å². The van der Waals surface area contributed by atoms with Crippen LogP contribution in [-0.4, -0.2) is 35.6 Å². The molecule has 0 heterocycles. The van der Waals surface area contributed by atoms with Gasteiger partial charge in [0, 0.05) is 19.5 Å². The first kappa shape index (κ1) is 26.4. The average Bonchev–Trinajstić information content (AvgIpc) is 2.70. The molecule has 0 bridgehead atoms. The highest BCUT2D eigenvalue weighted by molar-refractivity contribution is 5.76. The Bertz CT molecular complexity index is 457. The summed E-state index contributed by atoms with van der Waals surface area (Å²) in [6.07, 6.45) is 29.1. The molecule has 0 aliphatic carbocycles. The third-order valence-electron chi connectivity index (χ3n) is 4.44. The number of unbranched alkanes of at least 4 members (excludes halogenated alkanes) is 4. The monoisotopic (exact) mass is 389 g/mol. The zero-order valence-electron chi connectivity index (χ0n) is 18.3. The number of aliphatic hydroxyl groups excluding tert-OH is 1. The largest absolute Gasteiger partial charge is 0.395 e. The van der Waals surface area contributed by atoms with Gasteiger partial charge in [-0.1, -0.05) is 75.3 Å². The van der Waals surface area contributed by atoms with Crippen molar-refractivity contribution in [1.82, 2.24) is 4.90 Å². The van der Waals surface area contributed by atoms with Crippen LogP contribution in [0.1, 0.15) is 84.5 Å². The van der Waals surface area contributed by atoms with Crippen molar-refractivity contribution in [3.63, 3.8) is 0 Å². The summed E-state index contributed by atoms with van der Waals surface area (Å²) < 4.78 is 0. The number of aliphatic hydroxyl groups is 1. The van der Waals surface area contributed by atoms with Gasteiger partial charge in [0.15, 0.2) is 0 Å². The zero-order chi connectivity index (χ0) is 20.7. The maximum atomic E-state index is 12.1. The lowest BCUT2D eigenvalue weighted by Gasteiger charge is -2.20. The minimum atomic E-state index is 0.0446. The molecule has 0 aromatic carbocycles. The number of hydrogen-bond acceptors (Lipinski definition) is 2. The van der Waals surface area contributed by atoms with E-state index < -0.39 is 0 Å². The van der Waals surface area contributed by atoms with Crippen LogP contribution < -0.4 is 0 Å². The van der Waals surface area contributed by atoms with E-state index in [4.69, 9.17) is 5.11 Å². The van der Waals surface area contributed by atoms with E-state index in [1.165, 1.54) is 25.7 Å². The molecule has 0 radical (unpaired) electrons. The molecular weight excluding hydrogens is 346 g/mol. The van der Waals surface area contributed by atoms with E-state index in [1.807, 2.05) is 0 Å². The number of amides is 1. The summed E-state index contributed by atoms with van der Waals surface area (Å²) in [4.78, 5) is 13.8. The Kier molecular flexibility index (Phi) is 20.4. The van der Waals surface area contributed by atoms with Crippen molar-refractivity contribution in [3.8, 4) is 0 Å². The highest BCUT2D eigenvalue weighted by Crippen LogP contribution is 2.04. The SMILES string of the molecule is CCCCC/C=C\C/C=C\C/C=C\C/C=C\CCCC(=O)N(CCC)CCO. The van der Waals surface area contributed by atoms with E-state index in [0.29, 0.717) is 13.0 Å². The molecule has 28 heavy (non-hydrogen) atoms. The molecule has 0 unspecified atom stereocenters. The number of nitrogens with zero attached hydrogens (tertiary/aromatic N) is 1. The van der Waals surface area contributed by atoms with Crippen LogP contribution in [-0.2, 0) is 4.79 Å². The Morgan fingerprint density at radius 1 is 0.714 bits per heavy atom. The summed E-state index contributed by atoms with van der Waals surface area (Å²) in [6, 6.07) is 0. The molecule has 0 saturated heterocycles. The van der Waals surface area contributed by atoms with Gasteiger partial charge in [0.2, 0.25) is 5.91 Å². The predicted molar refractivity (Wildman–Crippen MR) is 122 cm³/mol. The highest BCUT2D eigenvalue weighted by Gasteiger charge is 2.10. The molecule has 0 aliphatic rings. The molecule has 0 atom stereocenters. The standard InChI is InChI=1S/C25H43NO2/c1-3-5-6-7-8-9-10-11-12-13-14-15-16-17-18-19-20-21-25(28)26(22-4-2)23-24-27/h8-9,11-12,14-15,17-18,27H,3-7,10,13,16,19-24H2,1-2H3/b9-8-,12-11-,15-14-,18-17-. The Balaban J connectivity index is 3.65. The second-order valence-electron chi connectivity index (χ2n) is 7.09. The van der Waals surface area contributed by atoms with Gasteiger partial charge in [-0.2, -0.15) is 0 Å². The smallest absolute Gasteiger partial charge is 0.222 e. The van der Waals surface area contributed by atoms with Crippen molar-refractivity contribution < 1.29 is 9.90 Å². The fourth-order valence-electron chi connectivity index (χ4n) is 2.84. The maximum absolute atomic E-state index is 12.1. The van der Waals surface area contributed by atoms with Crippen molar-refractivity contribution >= 4 is 5.91 Å². The number of allylic oxidation sites excluding steroid dienone is 8. The summed E-state index contributed by atoms with van der Waals surface area (Å²) in [5, 5.41) is 9.01. The fourth-order valence-corrected chi connectivity index (χ4v) is 2.84. The second kappa shape index (κ2) is 21.7. The van der Waals surface area contributed by atoms with Gasteiger partial charge in [-0.05, 0) is 51.4 Å². The van der Waals surface area contributed by atoms with Crippen LogP contribution in [0.3, 0.4) is 0 Å². The molecule has 0 rings (SSSR count). The molecule has 1 amide bonds. The first-order valence-electron chi connectivity index (χ1n) is 11.2. The van der Waals surface area contributed by atoms with Crippen molar-refractivity contribution in [2.45, 2.75) is 84.5 Å². The number of carbonyl (C=O) groups excluding carboxylic acids is 1. The molecule has 3 heteroatoms. The average molecular weight is 390 g/mol. The van der Waals surface area contributed by atoms with E-state index in [1.54, 1.807) is 4.90 Å². The minimum absolute atomic E-state index is 0.0446. The molecule has 0 aliphatic heterocycles. The van der Waals surface area contributed by atoms with E-state index in [0.717, 1.165) is 45.1 Å². The van der Waals surface area contributed by atoms with Crippen LogP contribution in [0, 0.1) is 0 Å². The molecular formula is C25H43NO2. The van der Waals surface area contributed by atoms with Gasteiger partial charge in [0.25, 0.3) is 0 Å². The lowest BCUT2D eigenvalue weighted by molar-refractivity contribution is -0.131. The van der Waals surface area contributed by atoms with Gasteiger partial charge < -0.3 is 10.0 Å². The molecule has 1 N–H and O–H groups in total. The lowest BCUT2D eigenvalue weighted by atomic mass is 10.2. The van der Waals surface area contributed by atoms with E-state index in [9.17, 15) is 4.79 Å². The van der Waals surface area contributed by atoms with Gasteiger partial charge in [-0.15, -0.1) is 0 Å². The normalized spacial score (nSPS) is 12.2. The minimum Gasteiger partial charge on any atom is -0.395 e. The van der Waals surface area contributed by atoms with Gasteiger partial charge in [-0.3, -0.25) is 4.79 Å². The molecule has 0 aromatic rings. The number of hydrogen-bond donors (Lipinski definition) is 1. The van der Waals surface area contributed by atoms with Crippen molar-refractivity contribution in [2.75, 3.05) is 19.7 Å². The van der Waals surface area contributed by atoms with Crippen molar-refractivity contribution in [2.24, 2.45) is 0 Å². The van der Waals surface area contributed by atoms with Crippen LogP contribution in [0.2, 0.25) is 0 Å². The van der Waals surface area contributed by atoms with E-state index in [2.05, 4.69) is 62.5 Å². The summed E-state index contributed by atoms with van der Waals surface area (Å²) in [5.41, 5.74) is 0. The molecule has 0 saturated carbocycles. The van der Waals surface area contributed by atoms with Gasteiger partial charge in [-0.25, -0.2) is 0 Å². The Hall–Kier alpha value is -1.61. The quantitative estimate of drug-likeness (QED) is 0.219. The van der Waals surface area contributed by atoms with Gasteiger partial charge in [0.05, 0.1) is 6.61 Å². The van der Waals surface area contributed by atoms with Crippen molar-refractivity contribution in [1.29, 1.82) is 0 Å². The van der Waals surface area contributed by atoms with Crippen LogP contribution in [0.4, 0.5) is 0 Å². The van der Waals surface area contributed by atoms with Crippen LogP contribution in [0.25, 0.3) is 0 Å². The predicted octanol–water partition coefficient (Wildman–Crippen LogP) is 6.36. The van der Waals surface area contributed by atoms with Gasteiger partial charge in [0.1, 0.15) is 0 Å². The summed E-state index contributed by atoms with van der Waals surface area (Å²) in [7, 11) is 0. The second-order valence-corrected chi connectivity index (χ2v) is 7.09. The number of rotatable bonds is 18. The van der Waals surface area contributed by atoms with Crippen LogP contribution in [0.15, 0.2) is 48.6 Å². The van der Waals surface area contributed by atoms with Crippen molar-refractivity contribution in [3.05, 3.63) is 48.6 Å². The maximum Gasteiger partial charge on any atom is 0.222 e. The zero-order valence-corrected chi connectivity index (χ0v) is 18.3. The Morgan fingerprint density at radius 3 is 1.75 bits per heavy atom. The van der Waals surface area contributed by atoms with E-state index in [-0.39, 0.29) is 12.5 Å². The molecule has 0 aromatic heterocycles. The van der Waals surface area contributed by atoms with Crippen LogP contribution in [0.5, 0.6) is 0 Å². The highest BCUT2D eigenvalue weighted by atomic mass is 16.3. The first-order chi connectivity index (χ1) is 13.8. The Labute approximate surface area is 173 Å². The van der Waals surface area contributed by atoms with E-state index >= 15 is 0 Å². The molecule has 160 valence electrons. The molecule has 3 nitrogen and oxygen atoms in total. The fraction of sp³-hybridized carbons (Fsp3) is 0.640. The molecule has 0 spiro atoms. The lowest BCUT2D eigenvalue weighted by Crippen LogP contribution is -2.33. The third kappa shape index (κ3) is 17.8. The summed E-state index contributed by atoms with van der Waals surface area (Å²) >= 11 is 0. The summed E-state index contributed by atoms with van der Waals surface area (Å²) in [6.45, 7) is 5.53.